The third-order valence-corrected chi connectivity index (χ3v) is 5.16. The van der Waals surface area contributed by atoms with Crippen LogP contribution in [-0.4, -0.2) is 20.4 Å². The second-order valence-corrected chi connectivity index (χ2v) is 7.23. The Morgan fingerprint density at radius 3 is 2.57 bits per heavy atom. The molecule has 0 heterocycles. The van der Waals surface area contributed by atoms with Crippen LogP contribution in [0, 0.1) is 5.92 Å². The zero-order valence-corrected chi connectivity index (χ0v) is 13.2. The van der Waals surface area contributed by atoms with Crippen LogP contribution in [0.2, 0.25) is 0 Å². The van der Waals surface area contributed by atoms with Crippen molar-refractivity contribution in [3.8, 4) is 0 Å². The fourth-order valence-electron chi connectivity index (χ4n) is 2.59. The summed E-state index contributed by atoms with van der Waals surface area (Å²) in [5, 5.41) is 8.11. The number of hydrogen-bond acceptors (Lipinski definition) is 3. The lowest BCUT2D eigenvalue weighted by Gasteiger charge is -2.32. The number of nitrogens with two attached hydrogens (primary N) is 1. The SMILES string of the molecule is CCc1ccc(S(N)(=O)=O)cc1C(=O)NC(C)C1CCC1. The minimum Gasteiger partial charge on any atom is -0.349 e. The smallest absolute Gasteiger partial charge is 0.251 e. The molecule has 1 fully saturated rings. The Morgan fingerprint density at radius 1 is 1.43 bits per heavy atom. The maximum atomic E-state index is 12.4. The summed E-state index contributed by atoms with van der Waals surface area (Å²) in [6.07, 6.45) is 4.15. The van der Waals surface area contributed by atoms with E-state index in [1.807, 2.05) is 13.8 Å². The normalized spacial score (nSPS) is 17.1. The van der Waals surface area contributed by atoms with E-state index in [4.69, 9.17) is 5.14 Å². The van der Waals surface area contributed by atoms with Crippen molar-refractivity contribution in [3.05, 3.63) is 29.3 Å². The van der Waals surface area contributed by atoms with E-state index in [-0.39, 0.29) is 16.8 Å². The lowest BCUT2D eigenvalue weighted by molar-refractivity contribution is 0.0908. The molecule has 5 nitrogen and oxygen atoms in total. The molecule has 21 heavy (non-hydrogen) atoms. The highest BCUT2D eigenvalue weighted by Crippen LogP contribution is 2.29. The lowest BCUT2D eigenvalue weighted by Crippen LogP contribution is -2.41. The summed E-state index contributed by atoms with van der Waals surface area (Å²) >= 11 is 0. The zero-order chi connectivity index (χ0) is 15.6. The van der Waals surface area contributed by atoms with Crippen LogP contribution in [0.1, 0.15) is 49.0 Å². The highest BCUT2D eigenvalue weighted by Gasteiger charge is 2.26. The first kappa shape index (κ1) is 16.0. The van der Waals surface area contributed by atoms with Crippen LogP contribution < -0.4 is 10.5 Å². The molecule has 1 aliphatic rings. The molecule has 1 aromatic rings. The summed E-state index contributed by atoms with van der Waals surface area (Å²) in [5.74, 6) is 0.303. The molecule has 116 valence electrons. The summed E-state index contributed by atoms with van der Waals surface area (Å²) in [7, 11) is -3.80. The Kier molecular flexibility index (Phi) is 4.68. The van der Waals surface area contributed by atoms with E-state index < -0.39 is 10.0 Å². The van der Waals surface area contributed by atoms with E-state index in [1.54, 1.807) is 6.07 Å². The van der Waals surface area contributed by atoms with Crippen molar-refractivity contribution >= 4 is 15.9 Å². The van der Waals surface area contributed by atoms with Crippen LogP contribution in [0.3, 0.4) is 0 Å². The molecule has 0 saturated heterocycles. The van der Waals surface area contributed by atoms with Gasteiger partial charge in [0.2, 0.25) is 10.0 Å². The Balaban J connectivity index is 2.25. The maximum Gasteiger partial charge on any atom is 0.251 e. The highest BCUT2D eigenvalue weighted by molar-refractivity contribution is 7.89. The van der Waals surface area contributed by atoms with Crippen molar-refractivity contribution in [2.45, 2.75) is 50.5 Å². The molecule has 2 rings (SSSR count). The third kappa shape index (κ3) is 3.63. The molecular weight excluding hydrogens is 288 g/mol. The van der Waals surface area contributed by atoms with Gasteiger partial charge in [-0.3, -0.25) is 4.79 Å². The molecular formula is C15H22N2O3S. The second kappa shape index (κ2) is 6.15. The number of hydrogen-bond donors (Lipinski definition) is 2. The van der Waals surface area contributed by atoms with E-state index >= 15 is 0 Å². The lowest BCUT2D eigenvalue weighted by atomic mass is 9.80. The van der Waals surface area contributed by atoms with Crippen LogP contribution in [-0.2, 0) is 16.4 Å². The van der Waals surface area contributed by atoms with Crippen LogP contribution in [0.4, 0.5) is 0 Å². The summed E-state index contributed by atoms with van der Waals surface area (Å²) < 4.78 is 22.9. The average molecular weight is 310 g/mol. The van der Waals surface area contributed by atoms with Gasteiger partial charge in [-0.1, -0.05) is 19.4 Å². The van der Waals surface area contributed by atoms with Crippen LogP contribution in [0.5, 0.6) is 0 Å². The summed E-state index contributed by atoms with van der Waals surface area (Å²) in [6, 6.07) is 4.58. The monoisotopic (exact) mass is 310 g/mol. The van der Waals surface area contributed by atoms with Crippen molar-refractivity contribution in [2.75, 3.05) is 0 Å². The maximum absolute atomic E-state index is 12.4. The van der Waals surface area contributed by atoms with Gasteiger partial charge in [0.25, 0.3) is 5.91 Å². The number of amides is 1. The van der Waals surface area contributed by atoms with Crippen LogP contribution in [0.25, 0.3) is 0 Å². The summed E-state index contributed by atoms with van der Waals surface area (Å²) in [4.78, 5) is 12.4. The number of aryl methyl sites for hydroxylation is 1. The van der Waals surface area contributed by atoms with E-state index in [0.717, 1.165) is 18.4 Å². The first-order chi connectivity index (χ1) is 9.82. The molecule has 0 aliphatic heterocycles. The number of carbonyl (C=O) groups is 1. The molecule has 1 aromatic carbocycles. The molecule has 0 bridgehead atoms. The standard InChI is InChI=1S/C15H22N2O3S/c1-3-11-7-8-13(21(16,19)20)9-14(11)15(18)17-10(2)12-5-4-6-12/h7-10,12H,3-6H2,1-2H3,(H,17,18)(H2,16,19,20). The molecule has 0 spiro atoms. The highest BCUT2D eigenvalue weighted by atomic mass is 32.2. The molecule has 1 saturated carbocycles. The minimum absolute atomic E-state index is 0.0267. The van der Waals surface area contributed by atoms with Gasteiger partial charge in [0.15, 0.2) is 0 Å². The quantitative estimate of drug-likeness (QED) is 0.869. The van der Waals surface area contributed by atoms with Gasteiger partial charge < -0.3 is 5.32 Å². The van der Waals surface area contributed by atoms with Gasteiger partial charge in [-0.15, -0.1) is 0 Å². The van der Waals surface area contributed by atoms with Gasteiger partial charge in [-0.25, -0.2) is 13.6 Å². The second-order valence-electron chi connectivity index (χ2n) is 5.67. The van der Waals surface area contributed by atoms with Gasteiger partial charge >= 0.3 is 0 Å². The van der Waals surface area contributed by atoms with E-state index in [1.165, 1.54) is 18.6 Å². The molecule has 1 unspecified atom stereocenters. The Bertz CT molecular complexity index is 636. The Hall–Kier alpha value is -1.40. The van der Waals surface area contributed by atoms with Gasteiger partial charge in [0.05, 0.1) is 4.90 Å². The molecule has 0 radical (unpaired) electrons. The molecule has 0 aromatic heterocycles. The average Bonchev–Trinajstić information content (AvgIpc) is 2.34. The summed E-state index contributed by atoms with van der Waals surface area (Å²) in [6.45, 7) is 3.93. The fraction of sp³-hybridized carbons (Fsp3) is 0.533. The molecule has 1 amide bonds. The molecule has 1 aliphatic carbocycles. The van der Waals surface area contributed by atoms with Crippen molar-refractivity contribution in [3.63, 3.8) is 0 Å². The van der Waals surface area contributed by atoms with Crippen molar-refractivity contribution in [1.82, 2.24) is 5.32 Å². The molecule has 1 atom stereocenters. The minimum atomic E-state index is -3.80. The number of benzene rings is 1. The van der Waals surface area contributed by atoms with Crippen LogP contribution >= 0.6 is 0 Å². The van der Waals surface area contributed by atoms with Crippen LogP contribution in [0.15, 0.2) is 23.1 Å². The van der Waals surface area contributed by atoms with Crippen molar-refractivity contribution in [1.29, 1.82) is 0 Å². The van der Waals surface area contributed by atoms with Crippen molar-refractivity contribution in [2.24, 2.45) is 11.1 Å². The molecule has 3 N–H and O–H groups in total. The Morgan fingerprint density at radius 2 is 2.10 bits per heavy atom. The first-order valence-electron chi connectivity index (χ1n) is 7.29. The number of carbonyl (C=O) groups excluding carboxylic acids is 1. The van der Waals surface area contributed by atoms with E-state index in [0.29, 0.717) is 17.9 Å². The first-order valence-corrected chi connectivity index (χ1v) is 8.84. The number of primary sulfonamides is 1. The van der Waals surface area contributed by atoms with Crippen molar-refractivity contribution < 1.29 is 13.2 Å². The van der Waals surface area contributed by atoms with E-state index in [9.17, 15) is 13.2 Å². The predicted octanol–water partition coefficient (Wildman–Crippen LogP) is 1.81. The predicted molar refractivity (Wildman–Crippen MR) is 81.5 cm³/mol. The van der Waals surface area contributed by atoms with Gasteiger partial charge in [0.1, 0.15) is 0 Å². The molecule has 6 heteroatoms. The number of nitrogens with one attached hydrogen (secondary N) is 1. The third-order valence-electron chi connectivity index (χ3n) is 4.25. The zero-order valence-electron chi connectivity index (χ0n) is 12.4. The largest absolute Gasteiger partial charge is 0.349 e. The van der Waals surface area contributed by atoms with Gasteiger partial charge in [0, 0.05) is 11.6 Å². The topological polar surface area (TPSA) is 89.3 Å². The summed E-state index contributed by atoms with van der Waals surface area (Å²) in [5.41, 5.74) is 1.22. The number of rotatable bonds is 5. The Labute approximate surface area is 126 Å². The van der Waals surface area contributed by atoms with Gasteiger partial charge in [-0.2, -0.15) is 0 Å². The van der Waals surface area contributed by atoms with Gasteiger partial charge in [-0.05, 0) is 49.8 Å². The fourth-order valence-corrected chi connectivity index (χ4v) is 3.13. The number of sulfonamides is 1. The van der Waals surface area contributed by atoms with E-state index in [2.05, 4.69) is 5.32 Å².